The van der Waals surface area contributed by atoms with Crippen LogP contribution in [0.2, 0.25) is 0 Å². The van der Waals surface area contributed by atoms with Crippen molar-refractivity contribution in [3.8, 4) is 0 Å². The van der Waals surface area contributed by atoms with E-state index in [1.807, 2.05) is 30.3 Å². The summed E-state index contributed by atoms with van der Waals surface area (Å²) in [6.45, 7) is 1.36. The highest BCUT2D eigenvalue weighted by Gasteiger charge is 2.33. The molecule has 1 saturated heterocycles. The van der Waals surface area contributed by atoms with E-state index >= 15 is 0 Å². The highest BCUT2D eigenvalue weighted by Crippen LogP contribution is 2.32. The number of benzene rings is 1. The fourth-order valence-electron chi connectivity index (χ4n) is 2.06. The number of thiocarbonyl (C=S) groups is 1. The van der Waals surface area contributed by atoms with Crippen molar-refractivity contribution in [2.24, 2.45) is 0 Å². The molecule has 0 saturated carbocycles. The SMILES string of the molecule is CCC(NC(=O)CN1C(=O)C(=Cc2ccccc2)SC1=S)C(=O)O. The van der Waals surface area contributed by atoms with Crippen molar-refractivity contribution in [1.29, 1.82) is 0 Å². The first-order valence-electron chi connectivity index (χ1n) is 7.25. The number of aliphatic carboxylic acids is 1. The van der Waals surface area contributed by atoms with Crippen molar-refractivity contribution >= 4 is 52.2 Å². The smallest absolute Gasteiger partial charge is 0.326 e. The Kier molecular flexibility index (Phi) is 6.10. The molecule has 0 radical (unpaired) electrons. The molecule has 0 spiro atoms. The third-order valence-electron chi connectivity index (χ3n) is 3.31. The summed E-state index contributed by atoms with van der Waals surface area (Å²) in [5.41, 5.74) is 0.861. The topological polar surface area (TPSA) is 86.7 Å². The summed E-state index contributed by atoms with van der Waals surface area (Å²) in [5, 5.41) is 11.3. The van der Waals surface area contributed by atoms with Gasteiger partial charge < -0.3 is 10.4 Å². The van der Waals surface area contributed by atoms with E-state index in [1.165, 1.54) is 4.90 Å². The van der Waals surface area contributed by atoms with E-state index in [0.29, 0.717) is 4.91 Å². The zero-order chi connectivity index (χ0) is 17.7. The number of carboxylic acids is 1. The molecule has 24 heavy (non-hydrogen) atoms. The van der Waals surface area contributed by atoms with Gasteiger partial charge in [0, 0.05) is 0 Å². The van der Waals surface area contributed by atoms with Gasteiger partial charge >= 0.3 is 5.97 Å². The molecule has 2 amide bonds. The summed E-state index contributed by atoms with van der Waals surface area (Å²) in [7, 11) is 0. The number of carbonyl (C=O) groups excluding carboxylic acids is 2. The highest BCUT2D eigenvalue weighted by molar-refractivity contribution is 8.26. The number of amides is 2. The van der Waals surface area contributed by atoms with Gasteiger partial charge in [-0.25, -0.2) is 4.79 Å². The van der Waals surface area contributed by atoms with E-state index in [9.17, 15) is 14.4 Å². The van der Waals surface area contributed by atoms with Crippen LogP contribution in [-0.2, 0) is 14.4 Å². The number of nitrogens with one attached hydrogen (secondary N) is 1. The molecule has 2 rings (SSSR count). The molecule has 2 N–H and O–H groups in total. The summed E-state index contributed by atoms with van der Waals surface area (Å²) >= 11 is 6.28. The summed E-state index contributed by atoms with van der Waals surface area (Å²) in [6, 6.07) is 8.33. The van der Waals surface area contributed by atoms with Crippen LogP contribution in [0.4, 0.5) is 0 Å². The predicted molar refractivity (Wildman–Crippen MR) is 96.2 cm³/mol. The molecule has 1 fully saturated rings. The maximum absolute atomic E-state index is 12.4. The molecule has 1 heterocycles. The van der Waals surface area contributed by atoms with Crippen molar-refractivity contribution in [2.75, 3.05) is 6.54 Å². The van der Waals surface area contributed by atoms with E-state index in [0.717, 1.165) is 17.3 Å². The molecule has 0 aromatic heterocycles. The van der Waals surface area contributed by atoms with E-state index in [4.69, 9.17) is 17.3 Å². The zero-order valence-corrected chi connectivity index (χ0v) is 14.5. The van der Waals surface area contributed by atoms with Gasteiger partial charge in [0.2, 0.25) is 5.91 Å². The first-order valence-corrected chi connectivity index (χ1v) is 8.47. The number of thioether (sulfide) groups is 1. The van der Waals surface area contributed by atoms with Gasteiger partial charge in [0.1, 0.15) is 16.9 Å². The lowest BCUT2D eigenvalue weighted by atomic mass is 10.2. The second-order valence-corrected chi connectivity index (χ2v) is 6.72. The van der Waals surface area contributed by atoms with Crippen LogP contribution in [0.1, 0.15) is 18.9 Å². The number of rotatable bonds is 6. The molecule has 0 bridgehead atoms. The first-order chi connectivity index (χ1) is 11.4. The molecule has 8 heteroatoms. The van der Waals surface area contributed by atoms with Gasteiger partial charge in [0.05, 0.1) is 4.91 Å². The second-order valence-electron chi connectivity index (χ2n) is 5.05. The zero-order valence-electron chi connectivity index (χ0n) is 12.9. The van der Waals surface area contributed by atoms with Crippen molar-refractivity contribution < 1.29 is 19.5 Å². The Labute approximate surface area is 148 Å². The van der Waals surface area contributed by atoms with Crippen LogP contribution in [0.3, 0.4) is 0 Å². The monoisotopic (exact) mass is 364 g/mol. The lowest BCUT2D eigenvalue weighted by molar-refractivity contribution is -0.142. The minimum Gasteiger partial charge on any atom is -0.480 e. The van der Waals surface area contributed by atoms with E-state index in [2.05, 4.69) is 5.32 Å². The van der Waals surface area contributed by atoms with Gasteiger partial charge in [-0.2, -0.15) is 0 Å². The molecule has 1 aromatic rings. The van der Waals surface area contributed by atoms with E-state index < -0.39 is 17.9 Å². The average molecular weight is 364 g/mol. The number of nitrogens with zero attached hydrogens (tertiary/aromatic N) is 1. The quantitative estimate of drug-likeness (QED) is 0.592. The Bertz CT molecular complexity index is 703. The van der Waals surface area contributed by atoms with Crippen molar-refractivity contribution in [3.63, 3.8) is 0 Å². The fourth-order valence-corrected chi connectivity index (χ4v) is 3.31. The third-order valence-corrected chi connectivity index (χ3v) is 4.69. The third kappa shape index (κ3) is 4.42. The normalized spacial score (nSPS) is 17.2. The van der Waals surface area contributed by atoms with Gasteiger partial charge in [-0.15, -0.1) is 0 Å². The molecule has 6 nitrogen and oxygen atoms in total. The van der Waals surface area contributed by atoms with Crippen molar-refractivity contribution in [3.05, 3.63) is 40.8 Å². The Morgan fingerprint density at radius 3 is 2.62 bits per heavy atom. The summed E-state index contributed by atoms with van der Waals surface area (Å²) in [5.74, 6) is -2.02. The molecular formula is C16H16N2O4S2. The minimum absolute atomic E-state index is 0.257. The average Bonchev–Trinajstić information content (AvgIpc) is 2.81. The predicted octanol–water partition coefficient (Wildman–Crippen LogP) is 1.87. The van der Waals surface area contributed by atoms with Gasteiger partial charge in [-0.05, 0) is 18.1 Å². The molecule has 1 atom stereocenters. The summed E-state index contributed by atoms with van der Waals surface area (Å²) in [6.07, 6.45) is 1.97. The highest BCUT2D eigenvalue weighted by atomic mass is 32.2. The van der Waals surface area contributed by atoms with Crippen LogP contribution in [0.25, 0.3) is 6.08 Å². The molecule has 1 aliphatic heterocycles. The maximum atomic E-state index is 12.4. The molecule has 126 valence electrons. The van der Waals surface area contributed by atoms with Gasteiger partial charge in [-0.1, -0.05) is 61.2 Å². The number of hydrogen-bond donors (Lipinski definition) is 2. The minimum atomic E-state index is -1.11. The van der Waals surface area contributed by atoms with Gasteiger partial charge in [-0.3, -0.25) is 14.5 Å². The Morgan fingerprint density at radius 2 is 2.04 bits per heavy atom. The molecular weight excluding hydrogens is 348 g/mol. The number of carbonyl (C=O) groups is 3. The summed E-state index contributed by atoms with van der Waals surface area (Å²) < 4.78 is 0.278. The molecule has 1 aliphatic rings. The number of carboxylic acid groups (broad SMARTS) is 1. The molecule has 1 aromatic carbocycles. The standard InChI is InChI=1S/C16H16N2O4S2/c1-2-11(15(21)22)17-13(19)9-18-14(20)12(24-16(18)23)8-10-6-4-3-5-7-10/h3-8,11H,2,9H2,1H3,(H,17,19)(H,21,22). The molecule has 0 aliphatic carbocycles. The van der Waals surface area contributed by atoms with Crippen LogP contribution in [0.15, 0.2) is 35.2 Å². The van der Waals surface area contributed by atoms with Crippen LogP contribution in [-0.4, -0.2) is 44.7 Å². The Balaban J connectivity index is 2.05. The lowest BCUT2D eigenvalue weighted by Gasteiger charge is -2.17. The van der Waals surface area contributed by atoms with Crippen LogP contribution in [0, 0.1) is 0 Å². The van der Waals surface area contributed by atoms with Crippen LogP contribution in [0.5, 0.6) is 0 Å². The first kappa shape index (κ1) is 18.2. The second kappa shape index (κ2) is 8.07. The largest absolute Gasteiger partial charge is 0.480 e. The van der Waals surface area contributed by atoms with Gasteiger partial charge in [0.25, 0.3) is 5.91 Å². The van der Waals surface area contributed by atoms with E-state index in [1.54, 1.807) is 13.0 Å². The Morgan fingerprint density at radius 1 is 1.38 bits per heavy atom. The lowest BCUT2D eigenvalue weighted by Crippen LogP contribution is -2.46. The Hall–Kier alpha value is -2.19. The van der Waals surface area contributed by atoms with Crippen LogP contribution >= 0.6 is 24.0 Å². The van der Waals surface area contributed by atoms with E-state index in [-0.39, 0.29) is 23.2 Å². The van der Waals surface area contributed by atoms with Gasteiger partial charge in [0.15, 0.2) is 0 Å². The summed E-state index contributed by atoms with van der Waals surface area (Å²) in [4.78, 5) is 36.9. The molecule has 1 unspecified atom stereocenters. The van der Waals surface area contributed by atoms with Crippen molar-refractivity contribution in [2.45, 2.75) is 19.4 Å². The van der Waals surface area contributed by atoms with Crippen molar-refractivity contribution in [1.82, 2.24) is 10.2 Å². The van der Waals surface area contributed by atoms with Crippen LogP contribution < -0.4 is 5.32 Å². The number of hydrogen-bond acceptors (Lipinski definition) is 5. The maximum Gasteiger partial charge on any atom is 0.326 e. The fraction of sp³-hybridized carbons (Fsp3) is 0.250.